The van der Waals surface area contributed by atoms with Gasteiger partial charge >= 0.3 is 0 Å². The minimum Gasteiger partial charge on any atom is -0.455 e. The molecule has 1 aliphatic rings. The van der Waals surface area contributed by atoms with E-state index in [2.05, 4.69) is 128 Å². The Bertz CT molecular complexity index is 2460. The highest BCUT2D eigenvalue weighted by Gasteiger charge is 2.25. The molecule has 0 unspecified atom stereocenters. The maximum absolute atomic E-state index is 6.90. The quantitative estimate of drug-likeness (QED) is 0.203. The maximum atomic E-state index is 6.90. The Balaban J connectivity index is 1.40. The number of nitrogens with zero attached hydrogens (tertiary/aromatic N) is 3. The van der Waals surface area contributed by atoms with Gasteiger partial charge in [0.25, 0.3) is 0 Å². The molecule has 0 aliphatic heterocycles. The molecule has 0 N–H and O–H groups in total. The van der Waals surface area contributed by atoms with Crippen molar-refractivity contribution >= 4 is 43.7 Å². The van der Waals surface area contributed by atoms with Gasteiger partial charge in [-0.25, -0.2) is 4.98 Å². The summed E-state index contributed by atoms with van der Waals surface area (Å²) < 4.78 is 9.25. The maximum Gasteiger partial charge on any atom is 0.149 e. The molecular formula is C42H35N3O. The molecule has 0 amide bonds. The first-order chi connectivity index (χ1) is 22.5. The van der Waals surface area contributed by atoms with Crippen LogP contribution in [0.15, 0.2) is 114 Å². The SMILES string of the molecule is CC(C)(C)c1ccc(-n2c(-c3cccc4c3oc3c5c(ncc34)CCCC5)nc3c4ccccc4ccc32)c(-c2ccccc2)c1. The lowest BCUT2D eigenvalue weighted by Crippen LogP contribution is -2.12. The van der Waals surface area contributed by atoms with Crippen molar-refractivity contribution in [3.63, 3.8) is 0 Å². The van der Waals surface area contributed by atoms with E-state index in [0.29, 0.717) is 0 Å². The Kier molecular flexibility index (Phi) is 5.98. The molecule has 0 atom stereocenters. The Labute approximate surface area is 268 Å². The zero-order valence-electron chi connectivity index (χ0n) is 26.5. The number of aryl methyl sites for hydroxylation is 2. The van der Waals surface area contributed by atoms with Gasteiger partial charge in [-0.1, -0.05) is 99.6 Å². The second-order valence-corrected chi connectivity index (χ2v) is 13.7. The molecule has 0 radical (unpaired) electrons. The van der Waals surface area contributed by atoms with E-state index in [1.54, 1.807) is 0 Å². The lowest BCUT2D eigenvalue weighted by atomic mass is 9.85. The summed E-state index contributed by atoms with van der Waals surface area (Å²) in [6.45, 7) is 6.82. The van der Waals surface area contributed by atoms with E-state index in [1.165, 1.54) is 46.2 Å². The van der Waals surface area contributed by atoms with E-state index in [9.17, 15) is 0 Å². The fourth-order valence-corrected chi connectivity index (χ4v) is 7.37. The van der Waals surface area contributed by atoms with Crippen LogP contribution >= 0.6 is 0 Å². The molecule has 8 aromatic rings. The van der Waals surface area contributed by atoms with Crippen LogP contribution in [0.5, 0.6) is 0 Å². The second-order valence-electron chi connectivity index (χ2n) is 13.7. The monoisotopic (exact) mass is 597 g/mol. The van der Waals surface area contributed by atoms with Crippen molar-refractivity contribution in [2.75, 3.05) is 0 Å². The highest BCUT2D eigenvalue weighted by atomic mass is 16.3. The second kappa shape index (κ2) is 10.1. The highest BCUT2D eigenvalue weighted by molar-refractivity contribution is 6.11. The number of fused-ring (bicyclic) bond motifs is 8. The first-order valence-electron chi connectivity index (χ1n) is 16.4. The first-order valence-corrected chi connectivity index (χ1v) is 16.4. The average Bonchev–Trinajstić information content (AvgIpc) is 3.67. The van der Waals surface area contributed by atoms with Gasteiger partial charge in [0, 0.05) is 39.2 Å². The third-order valence-electron chi connectivity index (χ3n) is 9.80. The Hall–Kier alpha value is -5.22. The molecule has 0 bridgehead atoms. The van der Waals surface area contributed by atoms with Gasteiger partial charge in [-0.05, 0) is 71.9 Å². The average molecular weight is 598 g/mol. The Morgan fingerprint density at radius 2 is 1.50 bits per heavy atom. The van der Waals surface area contributed by atoms with Crippen molar-refractivity contribution in [1.29, 1.82) is 0 Å². The van der Waals surface area contributed by atoms with Crippen molar-refractivity contribution in [1.82, 2.24) is 14.5 Å². The van der Waals surface area contributed by atoms with E-state index >= 15 is 0 Å². The summed E-state index contributed by atoms with van der Waals surface area (Å²) in [5, 5.41) is 4.49. The number of furan rings is 1. The van der Waals surface area contributed by atoms with Crippen LogP contribution < -0.4 is 0 Å². The van der Waals surface area contributed by atoms with Gasteiger partial charge in [-0.3, -0.25) is 9.55 Å². The van der Waals surface area contributed by atoms with Gasteiger partial charge in [0.05, 0.1) is 22.3 Å². The number of hydrogen-bond donors (Lipinski definition) is 0. The van der Waals surface area contributed by atoms with Crippen molar-refractivity contribution < 1.29 is 4.42 Å². The van der Waals surface area contributed by atoms with Gasteiger partial charge in [0.2, 0.25) is 0 Å². The van der Waals surface area contributed by atoms with Crippen LogP contribution in [0.2, 0.25) is 0 Å². The molecule has 4 heteroatoms. The molecule has 9 rings (SSSR count). The molecule has 0 saturated heterocycles. The summed E-state index contributed by atoms with van der Waals surface area (Å²) >= 11 is 0. The first kappa shape index (κ1) is 27.1. The molecule has 224 valence electrons. The summed E-state index contributed by atoms with van der Waals surface area (Å²) in [4.78, 5) is 10.4. The molecule has 46 heavy (non-hydrogen) atoms. The van der Waals surface area contributed by atoms with E-state index in [0.717, 1.165) is 68.3 Å². The van der Waals surface area contributed by atoms with Crippen molar-refractivity contribution in [3.8, 4) is 28.2 Å². The fourth-order valence-electron chi connectivity index (χ4n) is 7.37. The molecule has 1 aliphatic carbocycles. The topological polar surface area (TPSA) is 43.9 Å². The zero-order chi connectivity index (χ0) is 31.0. The molecule has 0 fully saturated rings. The van der Waals surface area contributed by atoms with Crippen molar-refractivity contribution in [2.45, 2.75) is 51.9 Å². The van der Waals surface area contributed by atoms with Crippen LogP contribution in [0.4, 0.5) is 0 Å². The lowest BCUT2D eigenvalue weighted by Gasteiger charge is -2.23. The number of imidazole rings is 1. The molecule has 0 saturated carbocycles. The van der Waals surface area contributed by atoms with E-state index < -0.39 is 0 Å². The Morgan fingerprint density at radius 3 is 2.37 bits per heavy atom. The highest BCUT2D eigenvalue weighted by Crippen LogP contribution is 2.43. The van der Waals surface area contributed by atoms with Crippen molar-refractivity contribution in [3.05, 3.63) is 126 Å². The van der Waals surface area contributed by atoms with Gasteiger partial charge in [0.1, 0.15) is 17.0 Å². The molecule has 5 aromatic carbocycles. The summed E-state index contributed by atoms with van der Waals surface area (Å²) in [7, 11) is 0. The summed E-state index contributed by atoms with van der Waals surface area (Å²) in [6.07, 6.45) is 6.41. The van der Waals surface area contributed by atoms with Gasteiger partial charge in [0.15, 0.2) is 0 Å². The number of benzene rings is 5. The summed E-state index contributed by atoms with van der Waals surface area (Å²) in [5.41, 5.74) is 12.1. The van der Waals surface area contributed by atoms with Gasteiger partial charge in [-0.15, -0.1) is 0 Å². The standard InChI is InChI=1S/C42H35N3O/c1-42(2,3)28-21-23-36(33(24-28)26-12-5-4-6-13-26)45-37-22-20-27-14-7-8-15-29(27)38(37)44-41(45)32-18-11-17-30-34-25-43-35-19-10-9-16-31(35)40(34)46-39(30)32/h4-8,11-15,17-18,20-25H,9-10,16,19H2,1-3H3. The molecular weight excluding hydrogens is 562 g/mol. The van der Waals surface area contributed by atoms with Gasteiger partial charge < -0.3 is 4.42 Å². The van der Waals surface area contributed by atoms with Crippen LogP contribution in [0, 0.1) is 0 Å². The summed E-state index contributed by atoms with van der Waals surface area (Å²) in [5.74, 6) is 0.874. The van der Waals surface area contributed by atoms with E-state index in [-0.39, 0.29) is 5.41 Å². The predicted molar refractivity (Wildman–Crippen MR) is 190 cm³/mol. The lowest BCUT2D eigenvalue weighted by molar-refractivity contribution is 0.590. The van der Waals surface area contributed by atoms with Crippen LogP contribution in [0.3, 0.4) is 0 Å². The molecule has 3 aromatic heterocycles. The van der Waals surface area contributed by atoms with Crippen LogP contribution in [-0.4, -0.2) is 14.5 Å². The smallest absolute Gasteiger partial charge is 0.149 e. The fraction of sp³-hybridized carbons (Fsp3) is 0.190. The van der Waals surface area contributed by atoms with Crippen LogP contribution in [0.25, 0.3) is 71.9 Å². The summed E-state index contributed by atoms with van der Waals surface area (Å²) in [6, 6.07) is 37.1. The minimum absolute atomic E-state index is 0.00510. The number of para-hydroxylation sites is 1. The molecule has 4 nitrogen and oxygen atoms in total. The molecule has 3 heterocycles. The Morgan fingerprint density at radius 1 is 0.696 bits per heavy atom. The number of hydrogen-bond acceptors (Lipinski definition) is 3. The zero-order valence-corrected chi connectivity index (χ0v) is 26.5. The molecule has 0 spiro atoms. The third-order valence-corrected chi connectivity index (χ3v) is 9.80. The normalized spacial score (nSPS) is 13.6. The third kappa shape index (κ3) is 4.13. The number of aromatic nitrogens is 3. The van der Waals surface area contributed by atoms with E-state index in [1.807, 2.05) is 6.20 Å². The predicted octanol–water partition coefficient (Wildman–Crippen LogP) is 11.0. The van der Waals surface area contributed by atoms with Crippen molar-refractivity contribution in [2.24, 2.45) is 0 Å². The van der Waals surface area contributed by atoms with Gasteiger partial charge in [-0.2, -0.15) is 0 Å². The number of pyridine rings is 1. The largest absolute Gasteiger partial charge is 0.455 e. The van der Waals surface area contributed by atoms with Crippen LogP contribution in [0.1, 0.15) is 50.4 Å². The number of rotatable bonds is 3. The minimum atomic E-state index is 0.00510. The van der Waals surface area contributed by atoms with Crippen LogP contribution in [-0.2, 0) is 18.3 Å². The van der Waals surface area contributed by atoms with E-state index in [4.69, 9.17) is 14.4 Å².